The van der Waals surface area contributed by atoms with Crippen LogP contribution in [0.15, 0.2) is 65.8 Å². The highest BCUT2D eigenvalue weighted by Gasteiger charge is 2.11. The maximum atomic E-state index is 12.0. The van der Waals surface area contributed by atoms with Gasteiger partial charge in [-0.1, -0.05) is 72.4 Å². The Balaban J connectivity index is 1.41. The van der Waals surface area contributed by atoms with Gasteiger partial charge in [-0.25, -0.2) is 0 Å². The second kappa shape index (κ2) is 9.92. The summed E-state index contributed by atoms with van der Waals surface area (Å²) in [7, 11) is 1.95. The summed E-state index contributed by atoms with van der Waals surface area (Å²) >= 11 is 1.42. The highest BCUT2D eigenvalue weighted by atomic mass is 32.2. The van der Waals surface area contributed by atoms with Crippen LogP contribution in [0.3, 0.4) is 0 Å². The van der Waals surface area contributed by atoms with Crippen LogP contribution < -0.4 is 5.32 Å². The molecule has 0 aliphatic carbocycles. The number of nitrogens with zero attached hydrogens (tertiary/aromatic N) is 3. The predicted molar refractivity (Wildman–Crippen MR) is 109 cm³/mol. The van der Waals surface area contributed by atoms with Crippen molar-refractivity contribution >= 4 is 17.7 Å². The summed E-state index contributed by atoms with van der Waals surface area (Å²) in [4.78, 5) is 12.0. The number of carbonyl (C=O) groups excluding carboxylic acids is 1. The van der Waals surface area contributed by atoms with Crippen LogP contribution in [-0.2, 0) is 31.1 Å². The van der Waals surface area contributed by atoms with E-state index in [4.69, 9.17) is 0 Å². The average Bonchev–Trinajstić information content (AvgIpc) is 3.06. The highest BCUT2D eigenvalue weighted by molar-refractivity contribution is 7.99. The quantitative estimate of drug-likeness (QED) is 0.580. The van der Waals surface area contributed by atoms with Gasteiger partial charge in [0.05, 0.1) is 5.75 Å². The molecule has 0 radical (unpaired) electrons. The van der Waals surface area contributed by atoms with E-state index in [0.29, 0.717) is 12.3 Å². The van der Waals surface area contributed by atoms with E-state index in [2.05, 4.69) is 39.8 Å². The van der Waals surface area contributed by atoms with E-state index in [9.17, 15) is 4.79 Å². The lowest BCUT2D eigenvalue weighted by Crippen LogP contribution is -2.27. The van der Waals surface area contributed by atoms with E-state index in [1.165, 1.54) is 22.9 Å². The summed E-state index contributed by atoms with van der Waals surface area (Å²) in [5, 5.41) is 12.2. The lowest BCUT2D eigenvalue weighted by Gasteiger charge is -2.06. The second-order valence-corrected chi connectivity index (χ2v) is 7.26. The molecule has 1 aromatic heterocycles. The number of rotatable bonds is 9. The molecule has 0 aliphatic rings. The van der Waals surface area contributed by atoms with Crippen molar-refractivity contribution < 1.29 is 4.79 Å². The summed E-state index contributed by atoms with van der Waals surface area (Å²) in [5.74, 6) is 1.30. The van der Waals surface area contributed by atoms with Crippen LogP contribution in [0.4, 0.5) is 0 Å². The number of carbonyl (C=O) groups is 1. The number of benzene rings is 2. The topological polar surface area (TPSA) is 59.8 Å². The normalized spacial score (nSPS) is 10.7. The van der Waals surface area contributed by atoms with Crippen LogP contribution in [0.25, 0.3) is 0 Å². The van der Waals surface area contributed by atoms with Crippen molar-refractivity contribution in [3.63, 3.8) is 0 Å². The fraction of sp³-hybridized carbons (Fsp3) is 0.286. The van der Waals surface area contributed by atoms with Crippen LogP contribution in [-0.4, -0.2) is 33.0 Å². The van der Waals surface area contributed by atoms with Gasteiger partial charge in [-0.05, 0) is 24.0 Å². The van der Waals surface area contributed by atoms with Gasteiger partial charge < -0.3 is 9.88 Å². The molecule has 0 atom stereocenters. The zero-order valence-electron chi connectivity index (χ0n) is 15.5. The van der Waals surface area contributed by atoms with E-state index < -0.39 is 0 Å². The minimum Gasteiger partial charge on any atom is -0.355 e. The van der Waals surface area contributed by atoms with Crippen molar-refractivity contribution in [2.75, 3.05) is 12.3 Å². The largest absolute Gasteiger partial charge is 0.355 e. The third-order valence-corrected chi connectivity index (χ3v) is 5.34. The molecule has 3 aromatic rings. The zero-order valence-corrected chi connectivity index (χ0v) is 16.3. The SMILES string of the molecule is Cn1c(CCc2ccccc2)nnc1SCC(=O)NCCc1ccccc1. The number of amides is 1. The van der Waals surface area contributed by atoms with Crippen molar-refractivity contribution in [3.8, 4) is 0 Å². The molecule has 2 aromatic carbocycles. The van der Waals surface area contributed by atoms with E-state index in [1.54, 1.807) is 0 Å². The lowest BCUT2D eigenvalue weighted by atomic mass is 10.1. The first-order chi connectivity index (χ1) is 13.2. The second-order valence-electron chi connectivity index (χ2n) is 6.32. The number of nitrogens with one attached hydrogen (secondary N) is 1. The standard InChI is InChI=1S/C21H24N4OS/c1-25-19(13-12-17-8-4-2-5-9-17)23-24-21(25)27-16-20(26)22-15-14-18-10-6-3-7-11-18/h2-11H,12-16H2,1H3,(H,22,26). The van der Waals surface area contributed by atoms with E-state index in [0.717, 1.165) is 30.2 Å². The van der Waals surface area contributed by atoms with Crippen LogP contribution in [0.5, 0.6) is 0 Å². The molecule has 0 aliphatic heterocycles. The monoisotopic (exact) mass is 380 g/mol. The Labute approximate surface area is 164 Å². The number of aromatic nitrogens is 3. The molecule has 6 heteroatoms. The van der Waals surface area contributed by atoms with Gasteiger partial charge >= 0.3 is 0 Å². The predicted octanol–water partition coefficient (Wildman–Crippen LogP) is 3.05. The van der Waals surface area contributed by atoms with Crippen LogP contribution in [0, 0.1) is 0 Å². The Kier molecular flexibility index (Phi) is 7.04. The maximum Gasteiger partial charge on any atom is 0.230 e. The van der Waals surface area contributed by atoms with E-state index in [-0.39, 0.29) is 5.91 Å². The Morgan fingerprint density at radius 3 is 2.22 bits per heavy atom. The molecule has 140 valence electrons. The number of hydrogen-bond donors (Lipinski definition) is 1. The summed E-state index contributed by atoms with van der Waals surface area (Å²) in [6.45, 7) is 0.643. The van der Waals surface area contributed by atoms with E-state index >= 15 is 0 Å². The van der Waals surface area contributed by atoms with Crippen LogP contribution in [0.2, 0.25) is 0 Å². The molecule has 0 spiro atoms. The third kappa shape index (κ3) is 5.96. The number of aryl methyl sites for hydroxylation is 2. The van der Waals surface area contributed by atoms with E-state index in [1.807, 2.05) is 48.0 Å². The van der Waals surface area contributed by atoms with Gasteiger partial charge in [0.1, 0.15) is 5.82 Å². The smallest absolute Gasteiger partial charge is 0.230 e. The maximum absolute atomic E-state index is 12.0. The summed E-state index contributed by atoms with van der Waals surface area (Å²) in [6, 6.07) is 20.5. The summed E-state index contributed by atoms with van der Waals surface area (Å²) < 4.78 is 1.98. The Bertz CT molecular complexity index is 849. The molecule has 1 N–H and O–H groups in total. The van der Waals surface area contributed by atoms with Gasteiger partial charge in [0, 0.05) is 20.0 Å². The molecule has 0 unspecified atom stereocenters. The first-order valence-electron chi connectivity index (χ1n) is 9.08. The van der Waals surface area contributed by atoms with Gasteiger partial charge in [0.15, 0.2) is 5.16 Å². The molecule has 0 saturated heterocycles. The molecule has 27 heavy (non-hydrogen) atoms. The van der Waals surface area contributed by atoms with Crippen molar-refractivity contribution in [2.24, 2.45) is 7.05 Å². The van der Waals surface area contributed by atoms with Crippen molar-refractivity contribution in [1.29, 1.82) is 0 Å². The molecule has 1 amide bonds. The first-order valence-corrected chi connectivity index (χ1v) is 10.1. The Morgan fingerprint density at radius 1 is 0.926 bits per heavy atom. The fourth-order valence-electron chi connectivity index (χ4n) is 2.76. The third-order valence-electron chi connectivity index (χ3n) is 4.32. The van der Waals surface area contributed by atoms with Gasteiger partial charge in [-0.15, -0.1) is 10.2 Å². The summed E-state index contributed by atoms with van der Waals surface area (Å²) in [6.07, 6.45) is 2.60. The zero-order chi connectivity index (χ0) is 18.9. The molecule has 0 bridgehead atoms. The molecular formula is C21H24N4OS. The lowest BCUT2D eigenvalue weighted by molar-refractivity contribution is -0.118. The van der Waals surface area contributed by atoms with Crippen molar-refractivity contribution in [3.05, 3.63) is 77.6 Å². The van der Waals surface area contributed by atoms with Gasteiger partial charge in [-0.2, -0.15) is 0 Å². The van der Waals surface area contributed by atoms with Crippen molar-refractivity contribution in [1.82, 2.24) is 20.1 Å². The molecule has 0 saturated carbocycles. The average molecular weight is 381 g/mol. The summed E-state index contributed by atoms with van der Waals surface area (Å²) in [5.41, 5.74) is 2.51. The molecule has 0 fully saturated rings. The molecular weight excluding hydrogens is 356 g/mol. The van der Waals surface area contributed by atoms with Gasteiger partial charge in [-0.3, -0.25) is 4.79 Å². The Morgan fingerprint density at radius 2 is 1.56 bits per heavy atom. The molecule has 1 heterocycles. The molecule has 5 nitrogen and oxygen atoms in total. The highest BCUT2D eigenvalue weighted by Crippen LogP contribution is 2.16. The minimum absolute atomic E-state index is 0.0183. The van der Waals surface area contributed by atoms with Gasteiger partial charge in [0.2, 0.25) is 5.91 Å². The molecule has 3 rings (SSSR count). The first kappa shape index (κ1) is 19.2. The van der Waals surface area contributed by atoms with Crippen molar-refractivity contribution in [2.45, 2.75) is 24.4 Å². The van der Waals surface area contributed by atoms with Crippen LogP contribution >= 0.6 is 11.8 Å². The minimum atomic E-state index is 0.0183. The fourth-order valence-corrected chi connectivity index (χ4v) is 3.52. The number of thioether (sulfide) groups is 1. The number of hydrogen-bond acceptors (Lipinski definition) is 4. The Hall–Kier alpha value is -2.60. The van der Waals surface area contributed by atoms with Crippen LogP contribution in [0.1, 0.15) is 17.0 Å². The van der Waals surface area contributed by atoms with Gasteiger partial charge in [0.25, 0.3) is 0 Å².